The summed E-state index contributed by atoms with van der Waals surface area (Å²) in [7, 11) is 4.95. The van der Waals surface area contributed by atoms with Gasteiger partial charge in [0.15, 0.2) is 0 Å². The molecule has 2 atom stereocenters. The van der Waals surface area contributed by atoms with Crippen LogP contribution in [0, 0.1) is 5.92 Å². The van der Waals surface area contributed by atoms with Crippen LogP contribution in [0.3, 0.4) is 0 Å². The summed E-state index contributed by atoms with van der Waals surface area (Å²) in [4.78, 5) is 12.1. The fraction of sp³-hybridized carbons (Fsp3) is 0.500. The second-order valence-corrected chi connectivity index (χ2v) is 4.62. The van der Waals surface area contributed by atoms with Crippen LogP contribution < -0.4 is 10.1 Å². The van der Waals surface area contributed by atoms with E-state index in [9.17, 15) is 4.79 Å². The van der Waals surface area contributed by atoms with Crippen molar-refractivity contribution in [2.75, 3.05) is 27.8 Å². The Hall–Kier alpha value is -1.55. The van der Waals surface area contributed by atoms with Gasteiger partial charge in [0, 0.05) is 5.56 Å². The Labute approximate surface area is 107 Å². The fourth-order valence-electron chi connectivity index (χ4n) is 2.71. The third kappa shape index (κ3) is 1.86. The van der Waals surface area contributed by atoms with Crippen molar-refractivity contribution in [1.82, 2.24) is 5.32 Å². The van der Waals surface area contributed by atoms with Gasteiger partial charge in [0.25, 0.3) is 0 Å². The van der Waals surface area contributed by atoms with Gasteiger partial charge in [-0.1, -0.05) is 18.2 Å². The van der Waals surface area contributed by atoms with Crippen molar-refractivity contribution in [3.05, 3.63) is 29.8 Å². The number of carbonyl (C=O) groups is 1. The van der Waals surface area contributed by atoms with Crippen molar-refractivity contribution in [2.24, 2.45) is 5.92 Å². The number of benzene rings is 1. The highest BCUT2D eigenvalue weighted by molar-refractivity contribution is 5.88. The summed E-state index contributed by atoms with van der Waals surface area (Å²) in [6, 6.07) is 7.67. The van der Waals surface area contributed by atoms with Crippen molar-refractivity contribution in [3.63, 3.8) is 0 Å². The average molecular weight is 249 g/mol. The molecule has 1 saturated carbocycles. The third-order valence-corrected chi connectivity index (χ3v) is 3.69. The molecule has 2 unspecified atom stereocenters. The smallest absolute Gasteiger partial charge is 0.316 e. The van der Waals surface area contributed by atoms with Crippen molar-refractivity contribution < 1.29 is 14.3 Å². The summed E-state index contributed by atoms with van der Waals surface area (Å²) in [5.74, 6) is 0.847. The summed E-state index contributed by atoms with van der Waals surface area (Å²) in [6.45, 7) is 0.799. The lowest BCUT2D eigenvalue weighted by Crippen LogP contribution is -2.28. The van der Waals surface area contributed by atoms with Crippen molar-refractivity contribution in [2.45, 2.75) is 11.8 Å². The predicted molar refractivity (Wildman–Crippen MR) is 68.7 cm³/mol. The maximum atomic E-state index is 12.1. The van der Waals surface area contributed by atoms with Gasteiger partial charge in [-0.25, -0.2) is 0 Å². The third-order valence-electron chi connectivity index (χ3n) is 3.69. The molecule has 1 fully saturated rings. The molecule has 0 radical (unpaired) electrons. The van der Waals surface area contributed by atoms with Crippen LogP contribution in [0.2, 0.25) is 0 Å². The number of ether oxygens (including phenoxy) is 2. The Morgan fingerprint density at radius 1 is 1.44 bits per heavy atom. The summed E-state index contributed by atoms with van der Waals surface area (Å²) in [5.41, 5.74) is 0.393. The minimum atomic E-state index is -0.537. The number of carbonyl (C=O) groups excluding carboxylic acids is 1. The number of hydrogen-bond acceptors (Lipinski definition) is 4. The standard InChI is InChI=1S/C14H19NO3/c1-15-9-10-8-14(10,13(16)18-3)11-6-4-5-7-12(11)17-2/h4-7,10,15H,8-9H2,1-3H3. The number of para-hydroxylation sites is 1. The Morgan fingerprint density at radius 2 is 2.17 bits per heavy atom. The molecule has 1 aliphatic rings. The van der Waals surface area contributed by atoms with E-state index < -0.39 is 5.41 Å². The molecule has 1 aromatic rings. The lowest BCUT2D eigenvalue weighted by atomic mass is 9.92. The second-order valence-electron chi connectivity index (χ2n) is 4.62. The van der Waals surface area contributed by atoms with Gasteiger partial charge in [-0.15, -0.1) is 0 Å². The van der Waals surface area contributed by atoms with E-state index in [0.29, 0.717) is 0 Å². The molecule has 98 valence electrons. The molecule has 0 aliphatic heterocycles. The summed E-state index contributed by atoms with van der Waals surface area (Å²) >= 11 is 0. The number of hydrogen-bond donors (Lipinski definition) is 1. The quantitative estimate of drug-likeness (QED) is 0.800. The van der Waals surface area contributed by atoms with Gasteiger partial charge in [-0.3, -0.25) is 4.79 Å². The normalized spacial score (nSPS) is 25.6. The molecule has 0 amide bonds. The van der Waals surface area contributed by atoms with E-state index in [1.807, 2.05) is 31.3 Å². The van der Waals surface area contributed by atoms with E-state index >= 15 is 0 Å². The Morgan fingerprint density at radius 3 is 2.78 bits per heavy atom. The largest absolute Gasteiger partial charge is 0.496 e. The van der Waals surface area contributed by atoms with E-state index in [-0.39, 0.29) is 11.9 Å². The van der Waals surface area contributed by atoms with E-state index in [2.05, 4.69) is 5.32 Å². The van der Waals surface area contributed by atoms with Gasteiger partial charge >= 0.3 is 5.97 Å². The molecule has 0 saturated heterocycles. The minimum absolute atomic E-state index is 0.174. The maximum absolute atomic E-state index is 12.1. The highest BCUT2D eigenvalue weighted by Crippen LogP contribution is 2.57. The Kier molecular flexibility index (Phi) is 3.57. The van der Waals surface area contributed by atoms with Gasteiger partial charge in [0.2, 0.25) is 0 Å². The highest BCUT2D eigenvalue weighted by atomic mass is 16.5. The number of rotatable bonds is 5. The molecule has 4 nitrogen and oxygen atoms in total. The molecule has 0 bridgehead atoms. The van der Waals surface area contributed by atoms with Crippen LogP contribution in [0.5, 0.6) is 5.75 Å². The fourth-order valence-corrected chi connectivity index (χ4v) is 2.71. The van der Waals surface area contributed by atoms with Gasteiger partial charge < -0.3 is 14.8 Å². The SMILES string of the molecule is CNCC1CC1(C(=O)OC)c1ccccc1OC. The zero-order valence-corrected chi connectivity index (χ0v) is 11.0. The van der Waals surface area contributed by atoms with E-state index in [0.717, 1.165) is 24.3 Å². The minimum Gasteiger partial charge on any atom is -0.496 e. The van der Waals surface area contributed by atoms with Gasteiger partial charge in [0.05, 0.1) is 14.2 Å². The van der Waals surface area contributed by atoms with Crippen molar-refractivity contribution >= 4 is 5.97 Å². The number of methoxy groups -OCH3 is 2. The first kappa shape index (κ1) is 12.9. The first-order valence-electron chi connectivity index (χ1n) is 6.07. The zero-order valence-electron chi connectivity index (χ0n) is 11.0. The molecule has 2 rings (SSSR count). The molecule has 4 heteroatoms. The van der Waals surface area contributed by atoms with E-state index in [1.54, 1.807) is 7.11 Å². The maximum Gasteiger partial charge on any atom is 0.316 e. The molecule has 1 aromatic carbocycles. The predicted octanol–water partition coefficient (Wildman–Crippen LogP) is 1.35. The van der Waals surface area contributed by atoms with Crippen LogP contribution in [0.1, 0.15) is 12.0 Å². The van der Waals surface area contributed by atoms with Crippen molar-refractivity contribution in [1.29, 1.82) is 0 Å². The Bertz CT molecular complexity index is 446. The molecule has 1 N–H and O–H groups in total. The number of nitrogens with one attached hydrogen (secondary N) is 1. The second kappa shape index (κ2) is 4.98. The van der Waals surface area contributed by atoms with E-state index in [4.69, 9.17) is 9.47 Å². The van der Waals surface area contributed by atoms with Crippen LogP contribution in [-0.2, 0) is 14.9 Å². The van der Waals surface area contributed by atoms with Crippen LogP contribution >= 0.6 is 0 Å². The first-order chi connectivity index (χ1) is 8.70. The first-order valence-corrected chi connectivity index (χ1v) is 6.07. The number of esters is 1. The lowest BCUT2D eigenvalue weighted by molar-refractivity contribution is -0.144. The van der Waals surface area contributed by atoms with Crippen LogP contribution in [0.4, 0.5) is 0 Å². The molecule has 0 heterocycles. The van der Waals surface area contributed by atoms with E-state index in [1.165, 1.54) is 7.11 Å². The summed E-state index contributed by atoms with van der Waals surface area (Å²) in [5, 5.41) is 3.12. The van der Waals surface area contributed by atoms with Gasteiger partial charge in [0.1, 0.15) is 11.2 Å². The molecule has 0 spiro atoms. The van der Waals surface area contributed by atoms with Crippen LogP contribution in [0.25, 0.3) is 0 Å². The topological polar surface area (TPSA) is 47.6 Å². The van der Waals surface area contributed by atoms with Gasteiger partial charge in [-0.05, 0) is 32.0 Å². The summed E-state index contributed by atoms with van der Waals surface area (Å²) in [6.07, 6.45) is 0.806. The lowest BCUT2D eigenvalue weighted by Gasteiger charge is -2.18. The molecule has 0 aromatic heterocycles. The zero-order chi connectivity index (χ0) is 13.2. The highest BCUT2D eigenvalue weighted by Gasteiger charge is 2.62. The molecular formula is C14H19NO3. The van der Waals surface area contributed by atoms with Crippen LogP contribution in [0.15, 0.2) is 24.3 Å². The molecule has 18 heavy (non-hydrogen) atoms. The Balaban J connectivity index is 2.40. The molecular weight excluding hydrogens is 230 g/mol. The van der Waals surface area contributed by atoms with Crippen LogP contribution in [-0.4, -0.2) is 33.8 Å². The summed E-state index contributed by atoms with van der Waals surface area (Å²) < 4.78 is 10.4. The van der Waals surface area contributed by atoms with Crippen molar-refractivity contribution in [3.8, 4) is 5.75 Å². The average Bonchev–Trinajstić information content (AvgIpc) is 3.13. The molecule has 1 aliphatic carbocycles. The van der Waals surface area contributed by atoms with Gasteiger partial charge in [-0.2, -0.15) is 0 Å². The monoisotopic (exact) mass is 249 g/mol.